The van der Waals surface area contributed by atoms with Crippen LogP contribution in [-0.2, 0) is 0 Å². The summed E-state index contributed by atoms with van der Waals surface area (Å²) >= 11 is 1.65. The fourth-order valence-corrected chi connectivity index (χ4v) is 2.36. The normalized spacial score (nSPS) is 10.3. The highest BCUT2D eigenvalue weighted by Crippen LogP contribution is 2.33. The number of nitrogens with one attached hydrogen (secondary N) is 3. The highest BCUT2D eigenvalue weighted by molar-refractivity contribution is 7.22. The Balaban J connectivity index is 2.66. The Kier molecular flexibility index (Phi) is 2.64. The van der Waals surface area contributed by atoms with Crippen LogP contribution in [0.3, 0.4) is 0 Å². The van der Waals surface area contributed by atoms with E-state index in [0.717, 1.165) is 22.0 Å². The van der Waals surface area contributed by atoms with Gasteiger partial charge in [-0.3, -0.25) is 0 Å². The molecule has 0 saturated heterocycles. The van der Waals surface area contributed by atoms with Crippen molar-refractivity contribution in [1.82, 2.24) is 4.98 Å². The van der Waals surface area contributed by atoms with Crippen LogP contribution in [0.15, 0.2) is 12.1 Å². The number of thiazole rings is 1. The molecule has 0 radical (unpaired) electrons. The molecule has 2 rings (SSSR count). The molecule has 4 nitrogen and oxygen atoms in total. The van der Waals surface area contributed by atoms with Gasteiger partial charge in [0, 0.05) is 26.8 Å². The van der Waals surface area contributed by atoms with E-state index in [1.165, 1.54) is 4.70 Å². The molecule has 0 bridgehead atoms. The van der Waals surface area contributed by atoms with E-state index < -0.39 is 0 Å². The van der Waals surface area contributed by atoms with E-state index >= 15 is 0 Å². The Morgan fingerprint density at radius 3 is 2.47 bits per heavy atom. The molecule has 0 spiro atoms. The van der Waals surface area contributed by atoms with Crippen molar-refractivity contribution in [3.63, 3.8) is 0 Å². The average molecular weight is 222 g/mol. The van der Waals surface area contributed by atoms with Crippen LogP contribution in [0.25, 0.3) is 10.2 Å². The Hall–Kier alpha value is -1.49. The summed E-state index contributed by atoms with van der Waals surface area (Å²) in [6.07, 6.45) is 0. The smallest absolute Gasteiger partial charge is 0.183 e. The molecule has 0 saturated carbocycles. The minimum atomic E-state index is 0.940. The number of rotatable bonds is 3. The molecule has 2 aromatic rings. The van der Waals surface area contributed by atoms with Crippen molar-refractivity contribution in [3.8, 4) is 0 Å². The molecule has 0 unspecified atom stereocenters. The van der Waals surface area contributed by atoms with Gasteiger partial charge in [-0.1, -0.05) is 11.3 Å². The molecule has 1 aromatic heterocycles. The lowest BCUT2D eigenvalue weighted by molar-refractivity contribution is 1.40. The third-order valence-corrected chi connectivity index (χ3v) is 3.29. The van der Waals surface area contributed by atoms with Gasteiger partial charge < -0.3 is 16.0 Å². The van der Waals surface area contributed by atoms with Crippen LogP contribution in [0, 0.1) is 0 Å². The average Bonchev–Trinajstić information content (AvgIpc) is 2.70. The van der Waals surface area contributed by atoms with Crippen molar-refractivity contribution in [1.29, 1.82) is 0 Å². The SMILES string of the molecule is CNc1cc(NC)c2nc(NC)sc2c1. The van der Waals surface area contributed by atoms with Crippen LogP contribution in [0.4, 0.5) is 16.5 Å². The van der Waals surface area contributed by atoms with E-state index in [2.05, 4.69) is 33.1 Å². The van der Waals surface area contributed by atoms with Crippen LogP contribution < -0.4 is 16.0 Å². The first-order valence-electron chi connectivity index (χ1n) is 4.76. The molecule has 0 fully saturated rings. The van der Waals surface area contributed by atoms with Gasteiger partial charge in [0.2, 0.25) is 0 Å². The third-order valence-electron chi connectivity index (χ3n) is 2.27. The zero-order chi connectivity index (χ0) is 10.8. The largest absolute Gasteiger partial charge is 0.388 e. The molecule has 1 aromatic carbocycles. The van der Waals surface area contributed by atoms with E-state index in [9.17, 15) is 0 Å². The second kappa shape index (κ2) is 3.94. The van der Waals surface area contributed by atoms with Gasteiger partial charge in [0.1, 0.15) is 5.52 Å². The standard InChI is InChI=1S/C10H14N4S/c1-11-6-4-7(12-2)9-8(5-6)15-10(13-3)14-9/h4-5,11-12H,1-3H3,(H,13,14). The van der Waals surface area contributed by atoms with Gasteiger partial charge in [0.15, 0.2) is 5.13 Å². The van der Waals surface area contributed by atoms with Crippen molar-refractivity contribution in [3.05, 3.63) is 12.1 Å². The maximum Gasteiger partial charge on any atom is 0.183 e. The second-order valence-electron chi connectivity index (χ2n) is 3.14. The van der Waals surface area contributed by atoms with Crippen molar-refractivity contribution in [2.75, 3.05) is 37.1 Å². The summed E-state index contributed by atoms with van der Waals surface area (Å²) < 4.78 is 1.18. The van der Waals surface area contributed by atoms with Crippen molar-refractivity contribution in [2.24, 2.45) is 0 Å². The van der Waals surface area contributed by atoms with Gasteiger partial charge in [-0.2, -0.15) is 0 Å². The van der Waals surface area contributed by atoms with Crippen molar-refractivity contribution in [2.45, 2.75) is 0 Å². The first-order chi connectivity index (χ1) is 7.28. The fraction of sp³-hybridized carbons (Fsp3) is 0.300. The zero-order valence-electron chi connectivity index (χ0n) is 9.01. The maximum atomic E-state index is 4.49. The Morgan fingerprint density at radius 1 is 1.07 bits per heavy atom. The molecule has 0 aliphatic carbocycles. The maximum absolute atomic E-state index is 4.49. The molecule has 5 heteroatoms. The number of hydrogen-bond donors (Lipinski definition) is 3. The summed E-state index contributed by atoms with van der Waals surface area (Å²) in [5, 5.41) is 10.3. The van der Waals surface area contributed by atoms with E-state index in [4.69, 9.17) is 0 Å². The third kappa shape index (κ3) is 1.70. The minimum absolute atomic E-state index is 0.940. The lowest BCUT2D eigenvalue weighted by Gasteiger charge is -2.04. The number of nitrogens with zero attached hydrogens (tertiary/aromatic N) is 1. The number of fused-ring (bicyclic) bond motifs is 1. The predicted molar refractivity (Wildman–Crippen MR) is 68.3 cm³/mol. The lowest BCUT2D eigenvalue weighted by Crippen LogP contribution is -1.93. The van der Waals surface area contributed by atoms with E-state index in [1.807, 2.05) is 21.1 Å². The van der Waals surface area contributed by atoms with Crippen LogP contribution in [-0.4, -0.2) is 26.1 Å². The zero-order valence-corrected chi connectivity index (χ0v) is 9.83. The Labute approximate surface area is 92.7 Å². The molecule has 0 amide bonds. The van der Waals surface area contributed by atoms with Crippen molar-refractivity contribution < 1.29 is 0 Å². The molecule has 0 aliphatic rings. The van der Waals surface area contributed by atoms with Crippen LogP contribution in [0.1, 0.15) is 0 Å². The van der Waals surface area contributed by atoms with E-state index in [0.29, 0.717) is 0 Å². The summed E-state index contributed by atoms with van der Waals surface area (Å²) in [4.78, 5) is 4.49. The summed E-state index contributed by atoms with van der Waals surface area (Å²) in [7, 11) is 5.71. The van der Waals surface area contributed by atoms with E-state index in [1.54, 1.807) is 11.3 Å². The van der Waals surface area contributed by atoms with Crippen molar-refractivity contribution >= 4 is 38.1 Å². The summed E-state index contributed by atoms with van der Waals surface area (Å²) in [5.41, 5.74) is 3.17. The Bertz CT molecular complexity index is 477. The van der Waals surface area contributed by atoms with E-state index in [-0.39, 0.29) is 0 Å². The molecule has 3 N–H and O–H groups in total. The quantitative estimate of drug-likeness (QED) is 0.746. The summed E-state index contributed by atoms with van der Waals surface area (Å²) in [5.74, 6) is 0. The molecule has 0 atom stereocenters. The first-order valence-corrected chi connectivity index (χ1v) is 5.58. The van der Waals surface area contributed by atoms with Gasteiger partial charge in [0.05, 0.1) is 10.4 Å². The van der Waals surface area contributed by atoms with Gasteiger partial charge in [-0.15, -0.1) is 0 Å². The highest BCUT2D eigenvalue weighted by atomic mass is 32.1. The molecule has 15 heavy (non-hydrogen) atoms. The molecular weight excluding hydrogens is 208 g/mol. The summed E-state index contributed by atoms with van der Waals surface area (Å²) in [6.45, 7) is 0. The predicted octanol–water partition coefficient (Wildman–Crippen LogP) is 2.42. The Morgan fingerprint density at radius 2 is 1.87 bits per heavy atom. The second-order valence-corrected chi connectivity index (χ2v) is 4.17. The fourth-order valence-electron chi connectivity index (χ4n) is 1.47. The lowest BCUT2D eigenvalue weighted by atomic mass is 10.2. The number of aromatic nitrogens is 1. The van der Waals surface area contributed by atoms with Crippen LogP contribution >= 0.6 is 11.3 Å². The van der Waals surface area contributed by atoms with Crippen LogP contribution in [0.2, 0.25) is 0 Å². The van der Waals surface area contributed by atoms with Crippen LogP contribution in [0.5, 0.6) is 0 Å². The topological polar surface area (TPSA) is 49.0 Å². The number of benzene rings is 1. The monoisotopic (exact) mass is 222 g/mol. The number of hydrogen-bond acceptors (Lipinski definition) is 5. The first kappa shape index (κ1) is 10.0. The van der Waals surface area contributed by atoms with Gasteiger partial charge in [-0.25, -0.2) is 4.98 Å². The number of anilines is 3. The molecule has 80 valence electrons. The molecular formula is C10H14N4S. The highest BCUT2D eigenvalue weighted by Gasteiger charge is 2.08. The molecule has 1 heterocycles. The summed E-state index contributed by atoms with van der Waals surface area (Å²) in [6, 6.07) is 4.16. The van der Waals surface area contributed by atoms with Gasteiger partial charge in [-0.05, 0) is 12.1 Å². The molecule has 0 aliphatic heterocycles. The van der Waals surface area contributed by atoms with Gasteiger partial charge >= 0.3 is 0 Å². The van der Waals surface area contributed by atoms with Gasteiger partial charge in [0.25, 0.3) is 0 Å². The minimum Gasteiger partial charge on any atom is -0.388 e.